The molecule has 0 unspecified atom stereocenters. The Labute approximate surface area is 301 Å². The quantitative estimate of drug-likeness (QED) is 0.150. The Balaban J connectivity index is 1.05. The van der Waals surface area contributed by atoms with E-state index in [-0.39, 0.29) is 30.3 Å². The molecule has 7 rings (SSSR count). The zero-order valence-corrected chi connectivity index (χ0v) is 29.5. The summed E-state index contributed by atoms with van der Waals surface area (Å²) in [4.78, 5) is 5.27. The van der Waals surface area contributed by atoms with Gasteiger partial charge in [-0.05, 0) is 57.6 Å². The van der Waals surface area contributed by atoms with Gasteiger partial charge in [-0.1, -0.05) is 109 Å². The molecule has 3 atom stereocenters. The normalized spacial score (nSPS) is 20.3. The highest BCUT2D eigenvalue weighted by Gasteiger charge is 2.34. The molecule has 8 nitrogen and oxygen atoms in total. The van der Waals surface area contributed by atoms with Gasteiger partial charge in [-0.2, -0.15) is 0 Å². The summed E-state index contributed by atoms with van der Waals surface area (Å²) in [5.74, 6) is 0. The molecule has 264 valence electrons. The highest BCUT2D eigenvalue weighted by molar-refractivity contribution is 7.89. The number of sulfonamides is 1. The van der Waals surface area contributed by atoms with E-state index in [1.807, 2.05) is 60.7 Å². The second kappa shape index (κ2) is 16.4. The first-order valence-electron chi connectivity index (χ1n) is 17.6. The van der Waals surface area contributed by atoms with Crippen molar-refractivity contribution in [1.29, 1.82) is 0 Å². The van der Waals surface area contributed by atoms with Gasteiger partial charge in [0.25, 0.3) is 0 Å². The standard InChI is InChI=1S/C42H45N3O5S/c46-31-33-17-19-35(20-18-33)41-27-39(30-45-23-21-44(22-24-45)29-32-9-3-1-4-10-32)49-42(50-41)38-14-8-13-37(26-38)36-12-7-11-34(25-36)28-43-51(47,48)40-15-5-2-6-16-40/h1-20,25-26,39,41-43,46H,21-24,27-31H2/t39-,41+,42+/m1/s1. The Morgan fingerprint density at radius 3 is 2.02 bits per heavy atom. The largest absolute Gasteiger partial charge is 0.392 e. The molecule has 5 aromatic carbocycles. The SMILES string of the molecule is O=S(=O)(NCc1cccc(-c2cccc([C@H]3O[C@@H](CN4CCN(Cc5ccccc5)CC4)C[C@@H](c4ccc(CO)cc4)O3)c2)c1)c1ccccc1. The molecule has 0 bridgehead atoms. The fraction of sp³-hybridized carbons (Fsp3) is 0.286. The van der Waals surface area contributed by atoms with Gasteiger partial charge in [0.1, 0.15) is 0 Å². The molecule has 2 fully saturated rings. The molecule has 51 heavy (non-hydrogen) atoms. The number of hydrogen-bond donors (Lipinski definition) is 2. The summed E-state index contributed by atoms with van der Waals surface area (Å²) in [5, 5.41) is 9.61. The number of rotatable bonds is 12. The predicted octanol–water partition coefficient (Wildman–Crippen LogP) is 6.69. The van der Waals surface area contributed by atoms with Crippen LogP contribution in [0, 0.1) is 0 Å². The summed E-state index contributed by atoms with van der Waals surface area (Å²) >= 11 is 0. The van der Waals surface area contributed by atoms with Crippen LogP contribution in [0.2, 0.25) is 0 Å². The second-order valence-corrected chi connectivity index (χ2v) is 15.1. The molecule has 0 aromatic heterocycles. The number of nitrogens with zero attached hydrogens (tertiary/aromatic N) is 2. The lowest BCUT2D eigenvalue weighted by molar-refractivity contribution is -0.253. The maximum atomic E-state index is 12.8. The first-order chi connectivity index (χ1) is 24.9. The fourth-order valence-electron chi connectivity index (χ4n) is 6.88. The topological polar surface area (TPSA) is 91.3 Å². The van der Waals surface area contributed by atoms with Crippen molar-refractivity contribution in [2.24, 2.45) is 0 Å². The van der Waals surface area contributed by atoms with Crippen LogP contribution in [0.15, 0.2) is 138 Å². The van der Waals surface area contributed by atoms with Gasteiger partial charge < -0.3 is 14.6 Å². The van der Waals surface area contributed by atoms with E-state index in [1.54, 1.807) is 30.3 Å². The van der Waals surface area contributed by atoms with E-state index in [1.165, 1.54) is 5.56 Å². The van der Waals surface area contributed by atoms with Crippen molar-refractivity contribution in [2.45, 2.75) is 49.5 Å². The summed E-state index contributed by atoms with van der Waals surface area (Å²) in [6.45, 7) is 5.99. The molecule has 0 aliphatic carbocycles. The molecular weight excluding hydrogens is 659 g/mol. The van der Waals surface area contributed by atoms with Crippen molar-refractivity contribution in [2.75, 3.05) is 32.7 Å². The van der Waals surface area contributed by atoms with E-state index in [0.717, 1.165) is 79.1 Å². The minimum atomic E-state index is -3.62. The summed E-state index contributed by atoms with van der Waals surface area (Å²) in [5.41, 5.74) is 7.04. The minimum absolute atomic E-state index is 0.00328. The van der Waals surface area contributed by atoms with Crippen molar-refractivity contribution < 1.29 is 23.0 Å². The lowest BCUT2D eigenvalue weighted by atomic mass is 9.98. The summed E-state index contributed by atoms with van der Waals surface area (Å²) in [6, 6.07) is 43.2. The Morgan fingerprint density at radius 2 is 1.29 bits per heavy atom. The summed E-state index contributed by atoms with van der Waals surface area (Å²) < 4.78 is 41.8. The van der Waals surface area contributed by atoms with Crippen LogP contribution in [-0.2, 0) is 39.2 Å². The monoisotopic (exact) mass is 703 g/mol. The van der Waals surface area contributed by atoms with E-state index < -0.39 is 16.3 Å². The van der Waals surface area contributed by atoms with E-state index in [4.69, 9.17) is 9.47 Å². The third kappa shape index (κ3) is 9.19. The van der Waals surface area contributed by atoms with Crippen LogP contribution in [0.1, 0.15) is 46.6 Å². The molecule has 2 N–H and O–H groups in total. The van der Waals surface area contributed by atoms with Crippen molar-refractivity contribution >= 4 is 10.0 Å². The molecule has 2 aliphatic heterocycles. The van der Waals surface area contributed by atoms with Crippen molar-refractivity contribution in [3.8, 4) is 11.1 Å². The van der Waals surface area contributed by atoms with Gasteiger partial charge in [-0.25, -0.2) is 13.1 Å². The number of piperazine rings is 1. The van der Waals surface area contributed by atoms with Gasteiger partial charge in [-0.3, -0.25) is 9.80 Å². The van der Waals surface area contributed by atoms with Gasteiger partial charge in [-0.15, -0.1) is 0 Å². The Kier molecular flexibility index (Phi) is 11.4. The van der Waals surface area contributed by atoms with Crippen LogP contribution >= 0.6 is 0 Å². The predicted molar refractivity (Wildman–Crippen MR) is 199 cm³/mol. The van der Waals surface area contributed by atoms with Gasteiger partial charge in [0.2, 0.25) is 10.0 Å². The van der Waals surface area contributed by atoms with E-state index in [9.17, 15) is 13.5 Å². The highest BCUT2D eigenvalue weighted by atomic mass is 32.2. The lowest BCUT2D eigenvalue weighted by Gasteiger charge is -2.41. The highest BCUT2D eigenvalue weighted by Crippen LogP contribution is 2.39. The van der Waals surface area contributed by atoms with Crippen LogP contribution in [0.3, 0.4) is 0 Å². The van der Waals surface area contributed by atoms with Crippen LogP contribution in [0.25, 0.3) is 11.1 Å². The summed E-state index contributed by atoms with van der Waals surface area (Å²) in [6.07, 6.45) is -0.0201. The van der Waals surface area contributed by atoms with Crippen molar-refractivity contribution in [3.63, 3.8) is 0 Å². The van der Waals surface area contributed by atoms with Crippen LogP contribution in [0.4, 0.5) is 0 Å². The zero-order chi connectivity index (χ0) is 35.0. The van der Waals surface area contributed by atoms with Gasteiger partial charge in [0.05, 0.1) is 23.7 Å². The Bertz CT molecular complexity index is 1970. The molecule has 0 spiro atoms. The average molecular weight is 704 g/mol. The van der Waals surface area contributed by atoms with Gasteiger partial charge in [0, 0.05) is 57.8 Å². The van der Waals surface area contributed by atoms with E-state index >= 15 is 0 Å². The molecule has 0 saturated carbocycles. The maximum Gasteiger partial charge on any atom is 0.240 e. The van der Waals surface area contributed by atoms with Crippen LogP contribution in [0.5, 0.6) is 0 Å². The van der Waals surface area contributed by atoms with Crippen molar-refractivity contribution in [3.05, 3.63) is 161 Å². The molecule has 2 saturated heterocycles. The molecule has 0 radical (unpaired) electrons. The number of nitrogens with one attached hydrogen (secondary N) is 1. The smallest absolute Gasteiger partial charge is 0.240 e. The molecular formula is C42H45N3O5S. The number of aliphatic hydroxyl groups excluding tert-OH is 1. The molecule has 2 aliphatic rings. The second-order valence-electron chi connectivity index (χ2n) is 13.4. The van der Waals surface area contributed by atoms with Crippen molar-refractivity contribution in [1.82, 2.24) is 14.5 Å². The average Bonchev–Trinajstić information content (AvgIpc) is 3.19. The molecule has 5 aromatic rings. The first kappa shape index (κ1) is 35.2. The number of aliphatic hydroxyl groups is 1. The maximum absolute atomic E-state index is 12.8. The number of benzene rings is 5. The molecule has 9 heteroatoms. The van der Waals surface area contributed by atoms with E-state index in [2.05, 4.69) is 57.0 Å². The first-order valence-corrected chi connectivity index (χ1v) is 19.1. The third-order valence-corrected chi connectivity index (χ3v) is 11.1. The van der Waals surface area contributed by atoms with E-state index in [0.29, 0.717) is 0 Å². The number of ether oxygens (including phenoxy) is 2. The third-order valence-electron chi connectivity index (χ3n) is 9.73. The Morgan fingerprint density at radius 1 is 0.647 bits per heavy atom. The van der Waals surface area contributed by atoms with Gasteiger partial charge >= 0.3 is 0 Å². The number of hydrogen-bond acceptors (Lipinski definition) is 7. The lowest BCUT2D eigenvalue weighted by Crippen LogP contribution is -2.49. The molecule has 2 heterocycles. The summed E-state index contributed by atoms with van der Waals surface area (Å²) in [7, 11) is -3.62. The fourth-order valence-corrected chi connectivity index (χ4v) is 7.92. The Hall–Kier alpha value is -4.19. The van der Waals surface area contributed by atoms with Gasteiger partial charge in [0.15, 0.2) is 6.29 Å². The van der Waals surface area contributed by atoms with Crippen LogP contribution in [-0.4, -0.2) is 62.2 Å². The van der Waals surface area contributed by atoms with Crippen LogP contribution < -0.4 is 4.72 Å². The zero-order valence-electron chi connectivity index (χ0n) is 28.7. The molecule has 0 amide bonds. The minimum Gasteiger partial charge on any atom is -0.392 e.